The fraction of sp³-hybridized carbons (Fsp3) is 0.111. The lowest BCUT2D eigenvalue weighted by Crippen LogP contribution is -1.84. The van der Waals surface area contributed by atoms with E-state index in [0.717, 1.165) is 11.0 Å². The van der Waals surface area contributed by atoms with E-state index in [1.807, 2.05) is 13.0 Å². The zero-order valence-electron chi connectivity index (χ0n) is 7.37. The van der Waals surface area contributed by atoms with Gasteiger partial charge in [0.1, 0.15) is 0 Å². The van der Waals surface area contributed by atoms with Crippen LogP contribution in [-0.2, 0) is 9.05 Å². The van der Waals surface area contributed by atoms with Crippen LogP contribution in [0.25, 0.3) is 6.08 Å². The fourth-order valence-electron chi connectivity index (χ4n) is 1.01. The van der Waals surface area contributed by atoms with E-state index >= 15 is 0 Å². The zero-order valence-corrected chi connectivity index (χ0v) is 9.70. The molecular weight excluding hydrogens is 243 g/mol. The Labute approximate surface area is 92.6 Å². The Hall–Kier alpha value is -0.510. The van der Waals surface area contributed by atoms with Crippen molar-refractivity contribution >= 4 is 37.4 Å². The molecule has 0 saturated heterocycles. The molecule has 1 aromatic carbocycles. The quantitative estimate of drug-likeness (QED) is 0.756. The molecule has 1 aromatic rings. The van der Waals surface area contributed by atoms with E-state index in [0.29, 0.717) is 10.6 Å². The van der Waals surface area contributed by atoms with E-state index in [1.54, 1.807) is 12.1 Å². The van der Waals surface area contributed by atoms with Crippen LogP contribution < -0.4 is 0 Å². The third kappa shape index (κ3) is 3.33. The minimum atomic E-state index is -3.62. The lowest BCUT2D eigenvalue weighted by Gasteiger charge is -2.01. The standard InChI is InChI=1S/C9H8Cl2O2S/c1-7-3-2-4-9(10)8(7)5-6-14(11,12)13/h2-6H,1H3/b6-5+. The second kappa shape index (κ2) is 4.34. The normalized spacial score (nSPS) is 12.2. The van der Waals surface area contributed by atoms with E-state index in [4.69, 9.17) is 22.3 Å². The molecule has 5 heteroatoms. The van der Waals surface area contributed by atoms with Crippen molar-refractivity contribution < 1.29 is 8.42 Å². The monoisotopic (exact) mass is 250 g/mol. The van der Waals surface area contributed by atoms with Crippen LogP contribution in [0, 0.1) is 6.92 Å². The second-order valence-electron chi connectivity index (χ2n) is 2.75. The summed E-state index contributed by atoms with van der Waals surface area (Å²) in [5, 5.41) is 1.42. The van der Waals surface area contributed by atoms with Gasteiger partial charge in [-0.3, -0.25) is 0 Å². The van der Waals surface area contributed by atoms with Gasteiger partial charge in [0.05, 0.1) is 0 Å². The van der Waals surface area contributed by atoms with Crippen molar-refractivity contribution in [2.24, 2.45) is 0 Å². The molecule has 0 aliphatic rings. The van der Waals surface area contributed by atoms with Crippen LogP contribution in [0.15, 0.2) is 23.6 Å². The molecule has 0 spiro atoms. The average molecular weight is 251 g/mol. The molecule has 0 aliphatic heterocycles. The van der Waals surface area contributed by atoms with Crippen LogP contribution in [0.1, 0.15) is 11.1 Å². The smallest absolute Gasteiger partial charge is 0.208 e. The summed E-state index contributed by atoms with van der Waals surface area (Å²) in [5.74, 6) is 0. The van der Waals surface area contributed by atoms with Crippen molar-refractivity contribution in [3.8, 4) is 0 Å². The summed E-state index contributed by atoms with van der Waals surface area (Å²) in [6.45, 7) is 1.84. The van der Waals surface area contributed by atoms with E-state index < -0.39 is 9.05 Å². The van der Waals surface area contributed by atoms with Gasteiger partial charge in [0.25, 0.3) is 9.05 Å². The molecule has 0 aromatic heterocycles. The van der Waals surface area contributed by atoms with Gasteiger partial charge in [0.15, 0.2) is 0 Å². The van der Waals surface area contributed by atoms with Crippen LogP contribution in [0.5, 0.6) is 0 Å². The second-order valence-corrected chi connectivity index (χ2v) is 5.67. The van der Waals surface area contributed by atoms with Crippen molar-refractivity contribution in [3.63, 3.8) is 0 Å². The lowest BCUT2D eigenvalue weighted by atomic mass is 10.1. The summed E-state index contributed by atoms with van der Waals surface area (Å²) in [4.78, 5) is 0. The first-order valence-corrected chi connectivity index (χ1v) is 6.53. The zero-order chi connectivity index (χ0) is 10.8. The molecule has 76 valence electrons. The topological polar surface area (TPSA) is 34.1 Å². The first-order chi connectivity index (χ1) is 6.40. The summed E-state index contributed by atoms with van der Waals surface area (Å²) in [7, 11) is 1.41. The summed E-state index contributed by atoms with van der Waals surface area (Å²) in [6.07, 6.45) is 1.39. The predicted octanol–water partition coefficient (Wildman–Crippen LogP) is 3.19. The highest BCUT2D eigenvalue weighted by atomic mass is 35.7. The Morgan fingerprint density at radius 1 is 1.36 bits per heavy atom. The minimum absolute atomic E-state index is 0.501. The summed E-state index contributed by atoms with van der Waals surface area (Å²) < 4.78 is 21.3. The van der Waals surface area contributed by atoms with Gasteiger partial charge in [-0.15, -0.1) is 0 Å². The molecule has 0 amide bonds. The van der Waals surface area contributed by atoms with Crippen LogP contribution in [0.4, 0.5) is 0 Å². The first-order valence-electron chi connectivity index (χ1n) is 3.78. The van der Waals surface area contributed by atoms with Crippen LogP contribution >= 0.6 is 22.3 Å². The van der Waals surface area contributed by atoms with E-state index in [9.17, 15) is 8.42 Å². The molecule has 0 radical (unpaired) electrons. The number of rotatable bonds is 2. The number of hydrogen-bond donors (Lipinski definition) is 0. The fourth-order valence-corrected chi connectivity index (χ4v) is 1.74. The van der Waals surface area contributed by atoms with Gasteiger partial charge < -0.3 is 0 Å². The molecule has 0 saturated carbocycles. The summed E-state index contributed by atoms with van der Waals surface area (Å²) >= 11 is 5.87. The Kier molecular flexibility index (Phi) is 3.59. The Balaban J connectivity index is 3.15. The maximum atomic E-state index is 10.7. The Morgan fingerprint density at radius 2 is 2.00 bits per heavy atom. The van der Waals surface area contributed by atoms with Crippen molar-refractivity contribution in [1.82, 2.24) is 0 Å². The SMILES string of the molecule is Cc1cccc(Cl)c1/C=C/S(=O)(=O)Cl. The summed E-state index contributed by atoms with van der Waals surface area (Å²) in [5.41, 5.74) is 1.56. The highest BCUT2D eigenvalue weighted by molar-refractivity contribution is 8.16. The van der Waals surface area contributed by atoms with Gasteiger partial charge in [-0.05, 0) is 30.2 Å². The molecule has 1 rings (SSSR count). The third-order valence-electron chi connectivity index (χ3n) is 1.67. The Morgan fingerprint density at radius 3 is 2.50 bits per heavy atom. The highest BCUT2D eigenvalue weighted by Gasteiger charge is 2.02. The molecule has 0 fully saturated rings. The summed E-state index contributed by atoms with van der Waals surface area (Å²) in [6, 6.07) is 5.33. The van der Waals surface area contributed by atoms with Crippen molar-refractivity contribution in [2.75, 3.05) is 0 Å². The molecule has 2 nitrogen and oxygen atoms in total. The first kappa shape index (κ1) is 11.6. The largest absolute Gasteiger partial charge is 0.254 e. The van der Waals surface area contributed by atoms with E-state index in [-0.39, 0.29) is 0 Å². The molecule has 0 N–H and O–H groups in total. The predicted molar refractivity (Wildman–Crippen MR) is 60.0 cm³/mol. The molecule has 0 heterocycles. The maximum absolute atomic E-state index is 10.7. The molecule has 0 bridgehead atoms. The molecular formula is C9H8Cl2O2S. The minimum Gasteiger partial charge on any atom is -0.208 e. The van der Waals surface area contributed by atoms with Gasteiger partial charge in [0.2, 0.25) is 0 Å². The van der Waals surface area contributed by atoms with Crippen LogP contribution in [0.2, 0.25) is 5.02 Å². The lowest BCUT2D eigenvalue weighted by molar-refractivity contribution is 0.617. The number of halogens is 2. The van der Waals surface area contributed by atoms with Crippen molar-refractivity contribution in [1.29, 1.82) is 0 Å². The van der Waals surface area contributed by atoms with Crippen molar-refractivity contribution in [3.05, 3.63) is 39.8 Å². The van der Waals surface area contributed by atoms with E-state index in [2.05, 4.69) is 0 Å². The molecule has 14 heavy (non-hydrogen) atoms. The van der Waals surface area contributed by atoms with Gasteiger partial charge in [0, 0.05) is 21.1 Å². The maximum Gasteiger partial charge on any atom is 0.254 e. The van der Waals surface area contributed by atoms with Crippen LogP contribution in [-0.4, -0.2) is 8.42 Å². The van der Waals surface area contributed by atoms with Crippen LogP contribution in [0.3, 0.4) is 0 Å². The van der Waals surface area contributed by atoms with Gasteiger partial charge >= 0.3 is 0 Å². The number of aryl methyl sites for hydroxylation is 1. The number of hydrogen-bond acceptors (Lipinski definition) is 2. The average Bonchev–Trinajstić information content (AvgIpc) is 2.01. The van der Waals surface area contributed by atoms with Gasteiger partial charge in [-0.2, -0.15) is 0 Å². The third-order valence-corrected chi connectivity index (χ3v) is 2.77. The molecule has 0 atom stereocenters. The van der Waals surface area contributed by atoms with Crippen molar-refractivity contribution in [2.45, 2.75) is 6.92 Å². The van der Waals surface area contributed by atoms with Gasteiger partial charge in [-0.1, -0.05) is 23.7 Å². The van der Waals surface area contributed by atoms with E-state index in [1.165, 1.54) is 6.08 Å². The van der Waals surface area contributed by atoms with Gasteiger partial charge in [-0.25, -0.2) is 8.42 Å². The molecule has 0 aliphatic carbocycles. The molecule has 0 unspecified atom stereocenters. The number of benzene rings is 1. The Bertz CT molecular complexity index is 443. The highest BCUT2D eigenvalue weighted by Crippen LogP contribution is 2.21.